The molecule has 1 fully saturated rings. The Morgan fingerprint density at radius 3 is 2.42 bits per heavy atom. The van der Waals surface area contributed by atoms with E-state index in [0.717, 1.165) is 31.6 Å². The molecule has 0 aromatic heterocycles. The van der Waals surface area contributed by atoms with E-state index in [2.05, 4.69) is 12.2 Å². The van der Waals surface area contributed by atoms with Crippen LogP contribution in [-0.2, 0) is 16.0 Å². The molecule has 2 aromatic carbocycles. The molecule has 0 aliphatic carbocycles. The largest absolute Gasteiger partial charge is 0.491 e. The number of hydrogen-bond acceptors (Lipinski definition) is 4. The van der Waals surface area contributed by atoms with Gasteiger partial charge in [-0.1, -0.05) is 19.1 Å². The molecule has 2 aromatic rings. The van der Waals surface area contributed by atoms with Crippen molar-refractivity contribution in [3.63, 3.8) is 0 Å². The Labute approximate surface area is 154 Å². The second kappa shape index (κ2) is 9.25. The number of carbonyl (C=O) groups is 1. The summed E-state index contributed by atoms with van der Waals surface area (Å²) in [6, 6.07) is 15.1. The lowest BCUT2D eigenvalue weighted by atomic mass is 10.2. The minimum Gasteiger partial charge on any atom is -0.491 e. The van der Waals surface area contributed by atoms with E-state index in [1.165, 1.54) is 5.56 Å². The summed E-state index contributed by atoms with van der Waals surface area (Å²) in [5, 5.41) is 2.81. The predicted molar refractivity (Wildman–Crippen MR) is 101 cm³/mol. The molecule has 1 aliphatic rings. The van der Waals surface area contributed by atoms with Crippen LogP contribution in [0.4, 0.5) is 5.69 Å². The molecule has 1 amide bonds. The zero-order chi connectivity index (χ0) is 18.2. The first-order valence-corrected chi connectivity index (χ1v) is 9.09. The predicted octanol–water partition coefficient (Wildman–Crippen LogP) is 3.82. The minimum atomic E-state index is -0.197. The highest BCUT2D eigenvalue weighted by Gasteiger charge is 2.15. The van der Waals surface area contributed by atoms with E-state index in [0.29, 0.717) is 18.0 Å². The molecule has 5 nitrogen and oxygen atoms in total. The van der Waals surface area contributed by atoms with Gasteiger partial charge >= 0.3 is 0 Å². The highest BCUT2D eigenvalue weighted by Crippen LogP contribution is 2.18. The van der Waals surface area contributed by atoms with E-state index in [1.807, 2.05) is 48.5 Å². The number of rotatable bonds is 8. The molecule has 5 heteroatoms. The van der Waals surface area contributed by atoms with Crippen LogP contribution in [0, 0.1) is 0 Å². The normalized spacial score (nSPS) is 16.3. The summed E-state index contributed by atoms with van der Waals surface area (Å²) in [5.74, 6) is 1.26. The number of amides is 1. The summed E-state index contributed by atoms with van der Waals surface area (Å²) in [6.07, 6.45) is 3.32. The van der Waals surface area contributed by atoms with Crippen molar-refractivity contribution in [3.8, 4) is 11.5 Å². The second-order valence-corrected chi connectivity index (χ2v) is 6.30. The third-order valence-corrected chi connectivity index (χ3v) is 4.30. The van der Waals surface area contributed by atoms with E-state index in [1.54, 1.807) is 0 Å². The molecular formula is C21H25NO4. The van der Waals surface area contributed by atoms with Crippen molar-refractivity contribution in [2.24, 2.45) is 0 Å². The van der Waals surface area contributed by atoms with Crippen molar-refractivity contribution in [2.75, 3.05) is 25.1 Å². The van der Waals surface area contributed by atoms with Crippen molar-refractivity contribution < 1.29 is 19.0 Å². The third kappa shape index (κ3) is 5.49. The van der Waals surface area contributed by atoms with Gasteiger partial charge in [0.15, 0.2) is 6.61 Å². The zero-order valence-corrected chi connectivity index (χ0v) is 15.1. The third-order valence-electron chi connectivity index (χ3n) is 4.30. The van der Waals surface area contributed by atoms with Gasteiger partial charge in [-0.05, 0) is 61.2 Å². The standard InChI is InChI=1S/C21H25NO4/c1-2-16-5-9-18(10-6-16)26-15-21(23)22-17-7-11-19(12-8-17)25-14-20-4-3-13-24-20/h5-12,20H,2-4,13-15H2,1H3,(H,22,23)/t20-/m1/s1. The highest BCUT2D eigenvalue weighted by molar-refractivity contribution is 5.91. The van der Waals surface area contributed by atoms with Gasteiger partial charge < -0.3 is 19.5 Å². The van der Waals surface area contributed by atoms with Crippen LogP contribution in [0.5, 0.6) is 11.5 Å². The molecule has 26 heavy (non-hydrogen) atoms. The SMILES string of the molecule is CCc1ccc(OCC(=O)Nc2ccc(OC[C@H]3CCCO3)cc2)cc1. The van der Waals surface area contributed by atoms with Crippen LogP contribution in [0.15, 0.2) is 48.5 Å². The number of benzene rings is 2. The van der Waals surface area contributed by atoms with Gasteiger partial charge in [-0.15, -0.1) is 0 Å². The molecule has 0 saturated carbocycles. The van der Waals surface area contributed by atoms with Gasteiger partial charge in [-0.3, -0.25) is 4.79 Å². The van der Waals surface area contributed by atoms with Crippen LogP contribution >= 0.6 is 0 Å². The quantitative estimate of drug-likeness (QED) is 0.782. The molecule has 0 bridgehead atoms. The molecule has 0 spiro atoms. The Hall–Kier alpha value is -2.53. The number of carbonyl (C=O) groups excluding carboxylic acids is 1. The second-order valence-electron chi connectivity index (χ2n) is 6.30. The number of anilines is 1. The van der Waals surface area contributed by atoms with E-state index < -0.39 is 0 Å². The molecule has 0 unspecified atom stereocenters. The first-order valence-electron chi connectivity index (χ1n) is 9.09. The summed E-state index contributed by atoms with van der Waals surface area (Å²) >= 11 is 0. The molecule has 1 N–H and O–H groups in total. The Bertz CT molecular complexity index is 691. The van der Waals surface area contributed by atoms with E-state index in [9.17, 15) is 4.79 Å². The lowest BCUT2D eigenvalue weighted by Crippen LogP contribution is -2.20. The Morgan fingerprint density at radius 1 is 1.08 bits per heavy atom. The fraction of sp³-hybridized carbons (Fsp3) is 0.381. The van der Waals surface area contributed by atoms with Crippen LogP contribution in [0.25, 0.3) is 0 Å². The van der Waals surface area contributed by atoms with Crippen molar-refractivity contribution in [1.82, 2.24) is 0 Å². The van der Waals surface area contributed by atoms with Gasteiger partial charge in [0.1, 0.15) is 18.1 Å². The number of nitrogens with one attached hydrogen (secondary N) is 1. The smallest absolute Gasteiger partial charge is 0.262 e. The Morgan fingerprint density at radius 2 is 1.77 bits per heavy atom. The number of ether oxygens (including phenoxy) is 3. The number of aryl methyl sites for hydroxylation is 1. The maximum absolute atomic E-state index is 12.0. The first-order chi connectivity index (χ1) is 12.7. The molecule has 3 rings (SSSR count). The summed E-state index contributed by atoms with van der Waals surface area (Å²) in [4.78, 5) is 12.0. The lowest BCUT2D eigenvalue weighted by molar-refractivity contribution is -0.118. The van der Waals surface area contributed by atoms with Crippen LogP contribution < -0.4 is 14.8 Å². The van der Waals surface area contributed by atoms with Crippen molar-refractivity contribution in [1.29, 1.82) is 0 Å². The van der Waals surface area contributed by atoms with E-state index >= 15 is 0 Å². The highest BCUT2D eigenvalue weighted by atomic mass is 16.5. The van der Waals surface area contributed by atoms with Gasteiger partial charge in [-0.25, -0.2) is 0 Å². The average molecular weight is 355 g/mol. The minimum absolute atomic E-state index is 0.0251. The van der Waals surface area contributed by atoms with Gasteiger partial charge in [0, 0.05) is 12.3 Å². The number of hydrogen-bond donors (Lipinski definition) is 1. The van der Waals surface area contributed by atoms with Crippen molar-refractivity contribution in [3.05, 3.63) is 54.1 Å². The summed E-state index contributed by atoms with van der Waals surface area (Å²) < 4.78 is 16.8. The Kier molecular flexibility index (Phi) is 6.50. The maximum atomic E-state index is 12.0. The van der Waals surface area contributed by atoms with Crippen molar-refractivity contribution in [2.45, 2.75) is 32.3 Å². The van der Waals surface area contributed by atoms with Crippen molar-refractivity contribution >= 4 is 11.6 Å². The van der Waals surface area contributed by atoms with Crippen LogP contribution in [-0.4, -0.2) is 31.8 Å². The average Bonchev–Trinajstić information content (AvgIpc) is 3.20. The zero-order valence-electron chi connectivity index (χ0n) is 15.1. The molecule has 1 heterocycles. The van der Waals surface area contributed by atoms with Gasteiger partial charge in [0.05, 0.1) is 6.10 Å². The fourth-order valence-electron chi connectivity index (χ4n) is 2.77. The fourth-order valence-corrected chi connectivity index (χ4v) is 2.77. The molecule has 1 aliphatic heterocycles. The summed E-state index contributed by atoms with van der Waals surface area (Å²) in [6.45, 7) is 3.46. The maximum Gasteiger partial charge on any atom is 0.262 e. The topological polar surface area (TPSA) is 56.8 Å². The molecule has 1 saturated heterocycles. The van der Waals surface area contributed by atoms with E-state index in [4.69, 9.17) is 14.2 Å². The van der Waals surface area contributed by atoms with Crippen LogP contribution in [0.2, 0.25) is 0 Å². The molecule has 1 atom stereocenters. The first kappa shape index (κ1) is 18.3. The Balaban J connectivity index is 1.41. The van der Waals surface area contributed by atoms with Crippen LogP contribution in [0.3, 0.4) is 0 Å². The lowest BCUT2D eigenvalue weighted by Gasteiger charge is -2.12. The summed E-state index contributed by atoms with van der Waals surface area (Å²) in [7, 11) is 0. The van der Waals surface area contributed by atoms with Gasteiger partial charge in [0.2, 0.25) is 0 Å². The summed E-state index contributed by atoms with van der Waals surface area (Å²) in [5.41, 5.74) is 1.95. The monoisotopic (exact) mass is 355 g/mol. The molecular weight excluding hydrogens is 330 g/mol. The van der Waals surface area contributed by atoms with Crippen LogP contribution in [0.1, 0.15) is 25.3 Å². The van der Waals surface area contributed by atoms with Gasteiger partial charge in [0.25, 0.3) is 5.91 Å². The van der Waals surface area contributed by atoms with E-state index in [-0.39, 0.29) is 18.6 Å². The van der Waals surface area contributed by atoms with Gasteiger partial charge in [-0.2, -0.15) is 0 Å². The molecule has 138 valence electrons. The molecule has 0 radical (unpaired) electrons.